The molecule has 0 bridgehead atoms. The van der Waals surface area contributed by atoms with Gasteiger partial charge in [-0.25, -0.2) is 0 Å². The van der Waals surface area contributed by atoms with E-state index in [2.05, 4.69) is 4.98 Å². The van der Waals surface area contributed by atoms with Crippen molar-refractivity contribution in [2.75, 3.05) is 0 Å². The number of aryl methyl sites for hydroxylation is 1. The van der Waals surface area contributed by atoms with Crippen molar-refractivity contribution in [1.82, 2.24) is 4.98 Å². The van der Waals surface area contributed by atoms with Gasteiger partial charge < -0.3 is 10.5 Å². The molecular formula is C14H15ClN2O. The van der Waals surface area contributed by atoms with Crippen LogP contribution in [0.1, 0.15) is 16.8 Å². The molecule has 1 aromatic carbocycles. The van der Waals surface area contributed by atoms with Gasteiger partial charge in [-0.15, -0.1) is 0 Å². The lowest BCUT2D eigenvalue weighted by atomic mass is 10.2. The molecule has 1 aromatic heterocycles. The van der Waals surface area contributed by atoms with Gasteiger partial charge in [0.2, 0.25) is 0 Å². The minimum absolute atomic E-state index is 0.430. The quantitative estimate of drug-likeness (QED) is 0.921. The molecule has 0 saturated heterocycles. The second-order valence-electron chi connectivity index (χ2n) is 4.08. The van der Waals surface area contributed by atoms with E-state index in [4.69, 9.17) is 22.1 Å². The largest absolute Gasteiger partial charge is 0.487 e. The van der Waals surface area contributed by atoms with Gasteiger partial charge in [0, 0.05) is 12.7 Å². The molecule has 1 heterocycles. The molecule has 0 fully saturated rings. The maximum absolute atomic E-state index is 6.10. The Morgan fingerprint density at radius 2 is 2.11 bits per heavy atom. The van der Waals surface area contributed by atoms with Crippen LogP contribution in [0.15, 0.2) is 36.5 Å². The van der Waals surface area contributed by atoms with Gasteiger partial charge in [0.25, 0.3) is 0 Å². The fraction of sp³-hybridized carbons (Fsp3) is 0.214. The van der Waals surface area contributed by atoms with E-state index in [9.17, 15) is 0 Å². The molecular weight excluding hydrogens is 248 g/mol. The Morgan fingerprint density at radius 1 is 1.28 bits per heavy atom. The van der Waals surface area contributed by atoms with Crippen LogP contribution in [0.5, 0.6) is 5.75 Å². The van der Waals surface area contributed by atoms with Gasteiger partial charge in [-0.1, -0.05) is 17.7 Å². The van der Waals surface area contributed by atoms with E-state index < -0.39 is 0 Å². The molecule has 0 aliphatic rings. The Balaban J connectivity index is 2.06. The third-order valence-corrected chi connectivity index (χ3v) is 2.87. The smallest absolute Gasteiger partial charge is 0.138 e. The van der Waals surface area contributed by atoms with Crippen LogP contribution >= 0.6 is 11.6 Å². The highest BCUT2D eigenvalue weighted by Crippen LogP contribution is 2.25. The molecule has 0 saturated carbocycles. The molecule has 0 spiro atoms. The molecule has 0 atom stereocenters. The van der Waals surface area contributed by atoms with E-state index in [1.54, 1.807) is 6.20 Å². The summed E-state index contributed by atoms with van der Waals surface area (Å²) in [6.07, 6.45) is 1.73. The zero-order chi connectivity index (χ0) is 13.0. The number of halogens is 1. The fourth-order valence-corrected chi connectivity index (χ4v) is 1.90. The molecule has 2 N–H and O–H groups in total. The van der Waals surface area contributed by atoms with E-state index in [1.165, 1.54) is 0 Å². The Bertz CT molecular complexity index is 543. The summed E-state index contributed by atoms with van der Waals surface area (Å²) in [4.78, 5) is 4.14. The fourth-order valence-electron chi connectivity index (χ4n) is 1.61. The third-order valence-electron chi connectivity index (χ3n) is 2.57. The molecule has 4 heteroatoms. The molecule has 0 unspecified atom stereocenters. The predicted octanol–water partition coefficient (Wildman–Crippen LogP) is 3.08. The van der Waals surface area contributed by atoms with E-state index >= 15 is 0 Å². The maximum atomic E-state index is 6.10. The van der Waals surface area contributed by atoms with Gasteiger partial charge in [-0.05, 0) is 42.3 Å². The molecule has 18 heavy (non-hydrogen) atoms. The second-order valence-corrected chi connectivity index (χ2v) is 4.49. The maximum Gasteiger partial charge on any atom is 0.138 e. The molecule has 2 rings (SSSR count). The van der Waals surface area contributed by atoms with Crippen LogP contribution < -0.4 is 10.5 Å². The first-order valence-corrected chi connectivity index (χ1v) is 6.09. The zero-order valence-electron chi connectivity index (χ0n) is 10.2. The summed E-state index contributed by atoms with van der Waals surface area (Å²) in [6.45, 7) is 2.88. The summed E-state index contributed by atoms with van der Waals surface area (Å²) in [6, 6.07) is 9.57. The van der Waals surface area contributed by atoms with Crippen LogP contribution in [0.3, 0.4) is 0 Å². The van der Waals surface area contributed by atoms with Crippen LogP contribution in [0.2, 0.25) is 5.02 Å². The topological polar surface area (TPSA) is 48.1 Å². The zero-order valence-corrected chi connectivity index (χ0v) is 10.9. The van der Waals surface area contributed by atoms with E-state index in [-0.39, 0.29) is 0 Å². The second kappa shape index (κ2) is 5.85. The number of ether oxygens (including phenoxy) is 1. The summed E-state index contributed by atoms with van der Waals surface area (Å²) in [5.74, 6) is 0.688. The highest BCUT2D eigenvalue weighted by Gasteiger charge is 2.02. The summed E-state index contributed by atoms with van der Waals surface area (Å²) in [7, 11) is 0. The standard InChI is InChI=1S/C14H15ClN2O/c1-10-2-3-14(13(15)6-10)18-9-11-4-5-17-12(7-11)8-16/h2-7H,8-9,16H2,1H3. The number of hydrogen-bond donors (Lipinski definition) is 1. The number of benzene rings is 1. The third kappa shape index (κ3) is 3.22. The molecule has 0 radical (unpaired) electrons. The monoisotopic (exact) mass is 262 g/mol. The number of pyridine rings is 1. The van der Waals surface area contributed by atoms with E-state index in [1.807, 2.05) is 37.3 Å². The summed E-state index contributed by atoms with van der Waals surface area (Å²) in [5, 5.41) is 0.628. The Labute approximate surface area is 112 Å². The predicted molar refractivity (Wildman–Crippen MR) is 72.6 cm³/mol. The van der Waals surface area contributed by atoms with Gasteiger partial charge >= 0.3 is 0 Å². The lowest BCUT2D eigenvalue weighted by Crippen LogP contribution is -2.02. The lowest BCUT2D eigenvalue weighted by Gasteiger charge is -2.09. The highest BCUT2D eigenvalue weighted by atomic mass is 35.5. The Kier molecular flexibility index (Phi) is 4.18. The van der Waals surface area contributed by atoms with Crippen LogP contribution in [0, 0.1) is 6.92 Å². The lowest BCUT2D eigenvalue weighted by molar-refractivity contribution is 0.306. The van der Waals surface area contributed by atoms with Crippen molar-refractivity contribution in [3.8, 4) is 5.75 Å². The van der Waals surface area contributed by atoms with Crippen LogP contribution in [-0.4, -0.2) is 4.98 Å². The average Bonchev–Trinajstić information content (AvgIpc) is 2.38. The normalized spacial score (nSPS) is 10.4. The number of nitrogens with zero attached hydrogens (tertiary/aromatic N) is 1. The highest BCUT2D eigenvalue weighted by molar-refractivity contribution is 6.32. The minimum atomic E-state index is 0.430. The van der Waals surface area contributed by atoms with Crippen molar-refractivity contribution in [2.24, 2.45) is 5.73 Å². The van der Waals surface area contributed by atoms with E-state index in [0.717, 1.165) is 16.8 Å². The van der Waals surface area contributed by atoms with Crippen molar-refractivity contribution in [2.45, 2.75) is 20.1 Å². The number of hydrogen-bond acceptors (Lipinski definition) is 3. The van der Waals surface area contributed by atoms with Gasteiger partial charge in [-0.2, -0.15) is 0 Å². The van der Waals surface area contributed by atoms with Crippen molar-refractivity contribution in [1.29, 1.82) is 0 Å². The summed E-state index contributed by atoms with van der Waals surface area (Å²) in [5.41, 5.74) is 8.54. The summed E-state index contributed by atoms with van der Waals surface area (Å²) >= 11 is 6.10. The van der Waals surface area contributed by atoms with Crippen molar-refractivity contribution in [3.63, 3.8) is 0 Å². The molecule has 0 aliphatic heterocycles. The number of rotatable bonds is 4. The first-order chi connectivity index (χ1) is 8.69. The van der Waals surface area contributed by atoms with Crippen LogP contribution in [0.25, 0.3) is 0 Å². The number of aromatic nitrogens is 1. The van der Waals surface area contributed by atoms with Gasteiger partial charge in [0.15, 0.2) is 0 Å². The SMILES string of the molecule is Cc1ccc(OCc2ccnc(CN)c2)c(Cl)c1. The van der Waals surface area contributed by atoms with Crippen molar-refractivity contribution < 1.29 is 4.74 Å². The Morgan fingerprint density at radius 3 is 2.83 bits per heavy atom. The number of nitrogens with two attached hydrogens (primary N) is 1. The van der Waals surface area contributed by atoms with Gasteiger partial charge in [0.05, 0.1) is 10.7 Å². The molecule has 0 amide bonds. The summed E-state index contributed by atoms with van der Waals surface area (Å²) < 4.78 is 5.68. The molecule has 94 valence electrons. The van der Waals surface area contributed by atoms with Gasteiger partial charge in [-0.3, -0.25) is 4.98 Å². The van der Waals surface area contributed by atoms with Gasteiger partial charge in [0.1, 0.15) is 12.4 Å². The van der Waals surface area contributed by atoms with E-state index in [0.29, 0.717) is 23.9 Å². The molecule has 2 aromatic rings. The van der Waals surface area contributed by atoms with Crippen LogP contribution in [-0.2, 0) is 13.2 Å². The first-order valence-electron chi connectivity index (χ1n) is 5.72. The van der Waals surface area contributed by atoms with Crippen molar-refractivity contribution >= 4 is 11.6 Å². The molecule has 0 aliphatic carbocycles. The average molecular weight is 263 g/mol. The molecule has 3 nitrogen and oxygen atoms in total. The Hall–Kier alpha value is -1.58. The first kappa shape index (κ1) is 12.9. The minimum Gasteiger partial charge on any atom is -0.487 e. The van der Waals surface area contributed by atoms with Crippen molar-refractivity contribution in [3.05, 3.63) is 58.4 Å². The van der Waals surface area contributed by atoms with Crippen LogP contribution in [0.4, 0.5) is 0 Å².